The molecule has 3 aromatic carbocycles. The van der Waals surface area contributed by atoms with E-state index in [4.69, 9.17) is 4.74 Å². The number of benzene rings is 3. The number of aliphatic hydroxyl groups is 1. The Labute approximate surface area is 203 Å². The molecule has 1 amide bonds. The van der Waals surface area contributed by atoms with Crippen molar-refractivity contribution in [2.45, 2.75) is 26.0 Å². The van der Waals surface area contributed by atoms with Gasteiger partial charge in [-0.25, -0.2) is 0 Å². The van der Waals surface area contributed by atoms with Crippen LogP contribution in [0.25, 0.3) is 16.5 Å². The van der Waals surface area contributed by atoms with Crippen molar-refractivity contribution in [3.8, 4) is 5.75 Å². The summed E-state index contributed by atoms with van der Waals surface area (Å²) in [5.74, 6) is -1.12. The fourth-order valence-corrected chi connectivity index (χ4v) is 4.50. The van der Waals surface area contributed by atoms with E-state index < -0.39 is 17.7 Å². The lowest BCUT2D eigenvalue weighted by Gasteiger charge is -2.26. The van der Waals surface area contributed by atoms with Crippen molar-refractivity contribution >= 4 is 33.9 Å². The van der Waals surface area contributed by atoms with E-state index in [1.54, 1.807) is 48.8 Å². The highest BCUT2D eigenvalue weighted by atomic mass is 16.5. The summed E-state index contributed by atoms with van der Waals surface area (Å²) >= 11 is 0. The fourth-order valence-electron chi connectivity index (χ4n) is 4.50. The summed E-state index contributed by atoms with van der Waals surface area (Å²) in [5.41, 5.74) is 1.69. The highest BCUT2D eigenvalue weighted by Gasteiger charge is 2.47. The number of amides is 1. The molecule has 0 radical (unpaired) electrons. The Kier molecular flexibility index (Phi) is 5.79. The lowest BCUT2D eigenvalue weighted by molar-refractivity contribution is -0.132. The number of nitrogens with zero attached hydrogens (tertiary/aromatic N) is 2. The number of anilines is 1. The normalized spacial score (nSPS) is 17.3. The first kappa shape index (κ1) is 22.3. The molecule has 1 unspecified atom stereocenters. The zero-order chi connectivity index (χ0) is 24.5. The van der Waals surface area contributed by atoms with Gasteiger partial charge in [-0.15, -0.1) is 0 Å². The average Bonchev–Trinajstić information content (AvgIpc) is 3.13. The molecule has 174 valence electrons. The number of hydrogen-bond donors (Lipinski definition) is 1. The molecule has 1 fully saturated rings. The molecule has 1 N–H and O–H groups in total. The van der Waals surface area contributed by atoms with Crippen LogP contribution in [0.3, 0.4) is 0 Å². The Morgan fingerprint density at radius 3 is 2.43 bits per heavy atom. The summed E-state index contributed by atoms with van der Waals surface area (Å²) in [6.45, 7) is 3.82. The molecule has 1 saturated heterocycles. The first-order valence-electron chi connectivity index (χ1n) is 11.4. The second-order valence-corrected chi connectivity index (χ2v) is 8.64. The number of fused-ring (bicyclic) bond motifs is 1. The van der Waals surface area contributed by atoms with Crippen molar-refractivity contribution in [1.29, 1.82) is 0 Å². The standard InChI is InChI=1S/C29H24N2O4/c1-18(2)35-22-10-5-9-21(17-22)27(32)25-26(20-13-15-30-16-14-20)31(29(34)28(25)33)24-12-6-8-19-7-3-4-11-23(19)24/h3-18,26,32H,1-2H3/b27-25+. The van der Waals surface area contributed by atoms with Gasteiger partial charge in [-0.3, -0.25) is 19.5 Å². The Balaban J connectivity index is 1.73. The largest absolute Gasteiger partial charge is 0.507 e. The number of ether oxygens (including phenoxy) is 1. The van der Waals surface area contributed by atoms with Gasteiger partial charge in [0.25, 0.3) is 11.7 Å². The average molecular weight is 465 g/mol. The number of hydrogen-bond acceptors (Lipinski definition) is 5. The van der Waals surface area contributed by atoms with Gasteiger partial charge >= 0.3 is 0 Å². The summed E-state index contributed by atoms with van der Waals surface area (Å²) in [6, 6.07) is 22.9. The monoisotopic (exact) mass is 464 g/mol. The molecule has 1 atom stereocenters. The molecule has 1 aromatic heterocycles. The third-order valence-corrected chi connectivity index (χ3v) is 5.97. The number of ketones is 1. The Morgan fingerprint density at radius 2 is 1.66 bits per heavy atom. The van der Waals surface area contributed by atoms with Crippen molar-refractivity contribution < 1.29 is 19.4 Å². The van der Waals surface area contributed by atoms with Crippen LogP contribution in [-0.2, 0) is 9.59 Å². The highest BCUT2D eigenvalue weighted by Crippen LogP contribution is 2.44. The lowest BCUT2D eigenvalue weighted by Crippen LogP contribution is -2.29. The predicted molar refractivity (Wildman–Crippen MR) is 135 cm³/mol. The summed E-state index contributed by atoms with van der Waals surface area (Å²) in [4.78, 5) is 32.5. The first-order chi connectivity index (χ1) is 17.0. The molecule has 2 heterocycles. The lowest BCUT2D eigenvalue weighted by atomic mass is 9.95. The van der Waals surface area contributed by atoms with Crippen molar-refractivity contribution in [2.75, 3.05) is 4.90 Å². The number of carbonyl (C=O) groups excluding carboxylic acids is 2. The van der Waals surface area contributed by atoms with Crippen molar-refractivity contribution in [3.05, 3.63) is 108 Å². The van der Waals surface area contributed by atoms with Gasteiger partial charge in [0, 0.05) is 23.3 Å². The second-order valence-electron chi connectivity index (χ2n) is 8.64. The van der Waals surface area contributed by atoms with Crippen molar-refractivity contribution in [1.82, 2.24) is 4.98 Å². The van der Waals surface area contributed by atoms with Crippen molar-refractivity contribution in [3.63, 3.8) is 0 Å². The third kappa shape index (κ3) is 4.04. The van der Waals surface area contributed by atoms with E-state index in [2.05, 4.69) is 4.98 Å². The van der Waals surface area contributed by atoms with Crippen LogP contribution in [0.2, 0.25) is 0 Å². The van der Waals surface area contributed by atoms with Crippen molar-refractivity contribution in [2.24, 2.45) is 0 Å². The van der Waals surface area contributed by atoms with E-state index in [-0.39, 0.29) is 17.4 Å². The SMILES string of the molecule is CC(C)Oc1cccc(/C(O)=C2\C(=O)C(=O)N(c3cccc4ccccc34)C2c2ccncc2)c1. The minimum Gasteiger partial charge on any atom is -0.507 e. The van der Waals surface area contributed by atoms with Crippen LogP contribution >= 0.6 is 0 Å². The summed E-state index contributed by atoms with van der Waals surface area (Å²) in [7, 11) is 0. The van der Waals surface area contributed by atoms with E-state index in [1.165, 1.54) is 4.90 Å². The maximum absolute atomic E-state index is 13.5. The van der Waals surface area contributed by atoms with E-state index in [1.807, 2.05) is 56.3 Å². The Bertz CT molecular complexity index is 1450. The number of aromatic nitrogens is 1. The fraction of sp³-hybridized carbons (Fsp3) is 0.138. The van der Waals surface area contributed by atoms with E-state index in [0.717, 1.165) is 10.8 Å². The van der Waals surface area contributed by atoms with E-state index in [0.29, 0.717) is 22.6 Å². The Hall–Kier alpha value is -4.45. The number of aliphatic hydroxyl groups excluding tert-OH is 1. The van der Waals surface area contributed by atoms with Gasteiger partial charge < -0.3 is 9.84 Å². The minimum atomic E-state index is -0.821. The maximum Gasteiger partial charge on any atom is 0.300 e. The molecule has 5 rings (SSSR count). The third-order valence-electron chi connectivity index (χ3n) is 5.97. The van der Waals surface area contributed by atoms with Gasteiger partial charge in [-0.05, 0) is 55.1 Å². The van der Waals surface area contributed by atoms with Gasteiger partial charge in [0.1, 0.15) is 11.5 Å². The topological polar surface area (TPSA) is 79.7 Å². The van der Waals surface area contributed by atoms with Crippen LogP contribution < -0.4 is 9.64 Å². The molecule has 35 heavy (non-hydrogen) atoms. The zero-order valence-electron chi connectivity index (χ0n) is 19.4. The van der Waals surface area contributed by atoms with Crippen LogP contribution in [0.1, 0.15) is 31.0 Å². The van der Waals surface area contributed by atoms with Crippen LogP contribution in [0.15, 0.2) is 96.8 Å². The number of pyridine rings is 1. The van der Waals surface area contributed by atoms with E-state index in [9.17, 15) is 14.7 Å². The molecule has 4 aromatic rings. The molecule has 1 aliphatic heterocycles. The molecule has 0 bridgehead atoms. The number of Topliss-reactive ketones (excluding diaryl/α,β-unsaturated/α-hetero) is 1. The molecule has 1 aliphatic rings. The summed E-state index contributed by atoms with van der Waals surface area (Å²) in [5, 5.41) is 13.2. The van der Waals surface area contributed by atoms with Gasteiger partial charge in [0.15, 0.2) is 0 Å². The number of carbonyl (C=O) groups is 2. The second kappa shape index (κ2) is 9.06. The zero-order valence-corrected chi connectivity index (χ0v) is 19.4. The van der Waals surface area contributed by atoms with Gasteiger partial charge in [-0.1, -0.05) is 48.5 Å². The van der Waals surface area contributed by atoms with Gasteiger partial charge in [-0.2, -0.15) is 0 Å². The van der Waals surface area contributed by atoms with Gasteiger partial charge in [0.2, 0.25) is 0 Å². The first-order valence-corrected chi connectivity index (χ1v) is 11.4. The quantitative estimate of drug-likeness (QED) is 0.235. The molecule has 6 heteroatoms. The van der Waals surface area contributed by atoms with Crippen LogP contribution in [0.4, 0.5) is 5.69 Å². The highest BCUT2D eigenvalue weighted by molar-refractivity contribution is 6.52. The minimum absolute atomic E-state index is 0.0239. The van der Waals surface area contributed by atoms with Crippen LogP contribution in [0.5, 0.6) is 5.75 Å². The molecular weight excluding hydrogens is 440 g/mol. The van der Waals surface area contributed by atoms with Crippen LogP contribution in [0, 0.1) is 0 Å². The van der Waals surface area contributed by atoms with Crippen LogP contribution in [-0.4, -0.2) is 27.9 Å². The van der Waals surface area contributed by atoms with E-state index >= 15 is 0 Å². The van der Waals surface area contributed by atoms with Gasteiger partial charge in [0.05, 0.1) is 23.4 Å². The maximum atomic E-state index is 13.5. The molecular formula is C29H24N2O4. The molecule has 0 aliphatic carbocycles. The molecule has 0 spiro atoms. The number of rotatable bonds is 5. The predicted octanol–water partition coefficient (Wildman–Crippen LogP) is 5.65. The molecule has 0 saturated carbocycles. The smallest absolute Gasteiger partial charge is 0.300 e. The molecule has 6 nitrogen and oxygen atoms in total. The summed E-state index contributed by atoms with van der Waals surface area (Å²) in [6.07, 6.45) is 3.16. The Morgan fingerprint density at radius 1 is 0.943 bits per heavy atom. The summed E-state index contributed by atoms with van der Waals surface area (Å²) < 4.78 is 5.76.